The quantitative estimate of drug-likeness (QED) is 0.597. The maximum Gasteiger partial charge on any atom is 0.305 e. The molecule has 0 aliphatic carbocycles. The molecule has 0 aromatic rings. The molecule has 1 rings (SSSR count). The minimum absolute atomic E-state index is 0.105. The van der Waals surface area contributed by atoms with Crippen LogP contribution in [0, 0.1) is 0 Å². The Morgan fingerprint density at radius 3 is 2.75 bits per heavy atom. The van der Waals surface area contributed by atoms with Crippen LogP contribution in [0.25, 0.3) is 0 Å². The van der Waals surface area contributed by atoms with Crippen LogP contribution in [-0.4, -0.2) is 48.3 Å². The molecule has 3 N–H and O–H groups in total. The highest BCUT2D eigenvalue weighted by atomic mass is 16.5. The van der Waals surface area contributed by atoms with E-state index in [2.05, 4.69) is 10.6 Å². The van der Waals surface area contributed by atoms with Gasteiger partial charge in [-0.3, -0.25) is 9.59 Å². The average molecular weight is 230 g/mol. The predicted molar refractivity (Wildman–Crippen MR) is 57.1 cm³/mol. The number of hydrogen-bond acceptors (Lipinski definition) is 4. The Balaban J connectivity index is 2.45. The van der Waals surface area contributed by atoms with Gasteiger partial charge >= 0.3 is 5.97 Å². The van der Waals surface area contributed by atoms with E-state index in [1.54, 1.807) is 13.8 Å². The van der Waals surface area contributed by atoms with Crippen LogP contribution in [0.5, 0.6) is 0 Å². The van der Waals surface area contributed by atoms with Gasteiger partial charge in [0, 0.05) is 12.1 Å². The lowest BCUT2D eigenvalue weighted by Crippen LogP contribution is -2.56. The zero-order valence-corrected chi connectivity index (χ0v) is 9.58. The molecule has 92 valence electrons. The molecule has 0 bridgehead atoms. The van der Waals surface area contributed by atoms with Gasteiger partial charge in [-0.2, -0.15) is 0 Å². The van der Waals surface area contributed by atoms with Crippen molar-refractivity contribution in [3.8, 4) is 0 Å². The topological polar surface area (TPSA) is 87.7 Å². The molecule has 1 unspecified atom stereocenters. The smallest absolute Gasteiger partial charge is 0.305 e. The standard InChI is InChI=1S/C10H18N2O4/c1-10(2,5-8(13)14)12-9(15)7-6-16-4-3-11-7/h7,11H,3-6H2,1-2H3,(H,12,15)(H,13,14). The molecule has 1 aliphatic heterocycles. The fraction of sp³-hybridized carbons (Fsp3) is 0.800. The van der Waals surface area contributed by atoms with Crippen LogP contribution in [0.4, 0.5) is 0 Å². The zero-order chi connectivity index (χ0) is 12.2. The van der Waals surface area contributed by atoms with Gasteiger partial charge in [0.25, 0.3) is 0 Å². The van der Waals surface area contributed by atoms with Crippen LogP contribution >= 0.6 is 0 Å². The highest BCUT2D eigenvalue weighted by molar-refractivity contribution is 5.83. The fourth-order valence-electron chi connectivity index (χ4n) is 1.58. The summed E-state index contributed by atoms with van der Waals surface area (Å²) in [4.78, 5) is 22.3. The Labute approximate surface area is 94.3 Å². The van der Waals surface area contributed by atoms with E-state index in [0.717, 1.165) is 0 Å². The van der Waals surface area contributed by atoms with Crippen molar-refractivity contribution in [2.24, 2.45) is 0 Å². The second-order valence-corrected chi connectivity index (χ2v) is 4.53. The van der Waals surface area contributed by atoms with Crippen LogP contribution in [0.2, 0.25) is 0 Å². The minimum atomic E-state index is -0.932. The van der Waals surface area contributed by atoms with Crippen molar-refractivity contribution >= 4 is 11.9 Å². The third kappa shape index (κ3) is 4.16. The third-order valence-electron chi connectivity index (χ3n) is 2.29. The Morgan fingerprint density at radius 2 is 2.25 bits per heavy atom. The normalized spacial score (nSPS) is 21.5. The van der Waals surface area contributed by atoms with Gasteiger partial charge in [-0.15, -0.1) is 0 Å². The number of hydrogen-bond donors (Lipinski definition) is 3. The number of rotatable bonds is 4. The van der Waals surface area contributed by atoms with Crippen molar-refractivity contribution < 1.29 is 19.4 Å². The Hall–Kier alpha value is -1.14. The van der Waals surface area contributed by atoms with E-state index >= 15 is 0 Å². The van der Waals surface area contributed by atoms with E-state index in [0.29, 0.717) is 19.8 Å². The molecule has 1 saturated heterocycles. The lowest BCUT2D eigenvalue weighted by molar-refractivity contribution is -0.139. The molecule has 0 aromatic carbocycles. The van der Waals surface area contributed by atoms with Crippen LogP contribution in [0.15, 0.2) is 0 Å². The molecule has 1 amide bonds. The highest BCUT2D eigenvalue weighted by Gasteiger charge is 2.28. The molecule has 1 fully saturated rings. The number of amides is 1. The summed E-state index contributed by atoms with van der Waals surface area (Å²) in [6.45, 7) is 4.93. The molecule has 6 heteroatoms. The first-order chi connectivity index (χ1) is 7.41. The second kappa shape index (κ2) is 5.27. The van der Waals surface area contributed by atoms with Gasteiger partial charge in [0.1, 0.15) is 6.04 Å². The summed E-state index contributed by atoms with van der Waals surface area (Å²) < 4.78 is 5.16. The summed E-state index contributed by atoms with van der Waals surface area (Å²) in [5.74, 6) is -1.15. The van der Waals surface area contributed by atoms with E-state index in [9.17, 15) is 9.59 Å². The zero-order valence-electron chi connectivity index (χ0n) is 9.58. The van der Waals surface area contributed by atoms with E-state index in [4.69, 9.17) is 9.84 Å². The molecule has 1 heterocycles. The number of ether oxygens (including phenoxy) is 1. The number of carboxylic acid groups (broad SMARTS) is 1. The summed E-state index contributed by atoms with van der Waals surface area (Å²) in [7, 11) is 0. The SMILES string of the molecule is CC(C)(CC(=O)O)NC(=O)C1COCCN1. The van der Waals surface area contributed by atoms with Gasteiger partial charge < -0.3 is 20.5 Å². The minimum Gasteiger partial charge on any atom is -0.481 e. The Kier molecular flexibility index (Phi) is 4.26. The Bertz CT molecular complexity index is 272. The predicted octanol–water partition coefficient (Wildman–Crippen LogP) is -0.656. The molecule has 0 spiro atoms. The summed E-state index contributed by atoms with van der Waals surface area (Å²) in [6, 6.07) is -0.387. The maximum absolute atomic E-state index is 11.7. The van der Waals surface area contributed by atoms with Gasteiger partial charge in [-0.1, -0.05) is 0 Å². The van der Waals surface area contributed by atoms with Gasteiger partial charge in [0.05, 0.1) is 19.6 Å². The van der Waals surface area contributed by atoms with E-state index in [1.807, 2.05) is 0 Å². The van der Waals surface area contributed by atoms with Crippen LogP contribution in [0.1, 0.15) is 20.3 Å². The first-order valence-corrected chi connectivity index (χ1v) is 5.26. The summed E-state index contributed by atoms with van der Waals surface area (Å²) in [6.07, 6.45) is -0.105. The second-order valence-electron chi connectivity index (χ2n) is 4.53. The molecular formula is C10H18N2O4. The molecule has 1 aliphatic rings. The highest BCUT2D eigenvalue weighted by Crippen LogP contribution is 2.08. The van der Waals surface area contributed by atoms with E-state index < -0.39 is 11.5 Å². The summed E-state index contributed by atoms with van der Waals surface area (Å²) >= 11 is 0. The molecular weight excluding hydrogens is 212 g/mol. The number of morpholine rings is 1. The van der Waals surface area contributed by atoms with Crippen molar-refractivity contribution in [1.82, 2.24) is 10.6 Å². The molecule has 0 aromatic heterocycles. The summed E-state index contributed by atoms with van der Waals surface area (Å²) in [5, 5.41) is 14.4. The number of aliphatic carboxylic acids is 1. The molecule has 0 radical (unpaired) electrons. The lowest BCUT2D eigenvalue weighted by atomic mass is 10.00. The third-order valence-corrected chi connectivity index (χ3v) is 2.29. The Morgan fingerprint density at radius 1 is 1.56 bits per heavy atom. The fourth-order valence-corrected chi connectivity index (χ4v) is 1.58. The number of nitrogens with one attached hydrogen (secondary N) is 2. The molecule has 1 atom stereocenters. The van der Waals surface area contributed by atoms with Crippen molar-refractivity contribution in [2.75, 3.05) is 19.8 Å². The molecule has 16 heavy (non-hydrogen) atoms. The van der Waals surface area contributed by atoms with Gasteiger partial charge in [-0.05, 0) is 13.8 Å². The summed E-state index contributed by atoms with van der Waals surface area (Å²) in [5.41, 5.74) is -0.748. The van der Waals surface area contributed by atoms with E-state index in [-0.39, 0.29) is 18.4 Å². The van der Waals surface area contributed by atoms with E-state index in [1.165, 1.54) is 0 Å². The van der Waals surface area contributed by atoms with Gasteiger partial charge in [-0.25, -0.2) is 0 Å². The number of carbonyl (C=O) groups excluding carboxylic acids is 1. The molecule has 6 nitrogen and oxygen atoms in total. The first-order valence-electron chi connectivity index (χ1n) is 5.26. The van der Waals surface area contributed by atoms with Gasteiger partial charge in [0.2, 0.25) is 5.91 Å². The van der Waals surface area contributed by atoms with Crippen LogP contribution in [0.3, 0.4) is 0 Å². The van der Waals surface area contributed by atoms with Crippen LogP contribution in [-0.2, 0) is 14.3 Å². The van der Waals surface area contributed by atoms with Crippen molar-refractivity contribution in [2.45, 2.75) is 31.8 Å². The van der Waals surface area contributed by atoms with Crippen molar-refractivity contribution in [3.05, 3.63) is 0 Å². The number of carboxylic acids is 1. The maximum atomic E-state index is 11.7. The average Bonchev–Trinajstić information content (AvgIpc) is 2.16. The van der Waals surface area contributed by atoms with Gasteiger partial charge in [0.15, 0.2) is 0 Å². The lowest BCUT2D eigenvalue weighted by Gasteiger charge is -2.29. The molecule has 0 saturated carbocycles. The van der Waals surface area contributed by atoms with Crippen LogP contribution < -0.4 is 10.6 Å². The largest absolute Gasteiger partial charge is 0.481 e. The monoisotopic (exact) mass is 230 g/mol. The van der Waals surface area contributed by atoms with Crippen molar-refractivity contribution in [1.29, 1.82) is 0 Å². The first kappa shape index (κ1) is 12.9. The number of carbonyl (C=O) groups is 2. The van der Waals surface area contributed by atoms with Crippen molar-refractivity contribution in [3.63, 3.8) is 0 Å².